The van der Waals surface area contributed by atoms with Crippen LogP contribution in [-0.4, -0.2) is 28.9 Å². The van der Waals surface area contributed by atoms with Gasteiger partial charge in [-0.2, -0.15) is 0 Å². The van der Waals surface area contributed by atoms with Gasteiger partial charge in [0.05, 0.1) is 27.9 Å². The van der Waals surface area contributed by atoms with E-state index in [1.807, 2.05) is 13.0 Å². The van der Waals surface area contributed by atoms with Gasteiger partial charge >= 0.3 is 5.97 Å². The van der Waals surface area contributed by atoms with E-state index in [0.717, 1.165) is 5.56 Å². The molecule has 1 aliphatic rings. The SMILES string of the molecule is CC(c1ccc(Cl)c(Cl)c1)N(C)C(=O)C1CC1C(=O)O. The second-order valence-electron chi connectivity index (χ2n) is 5.09. The van der Waals surface area contributed by atoms with Crippen LogP contribution in [0, 0.1) is 11.8 Å². The molecule has 0 spiro atoms. The molecule has 0 heterocycles. The Morgan fingerprint density at radius 3 is 2.45 bits per heavy atom. The van der Waals surface area contributed by atoms with Crippen LogP contribution in [0.1, 0.15) is 24.9 Å². The Hall–Kier alpha value is -1.26. The molecule has 1 fully saturated rings. The number of amides is 1. The summed E-state index contributed by atoms with van der Waals surface area (Å²) in [6.45, 7) is 1.87. The lowest BCUT2D eigenvalue weighted by Crippen LogP contribution is -2.31. The van der Waals surface area contributed by atoms with Gasteiger partial charge in [0.1, 0.15) is 0 Å². The van der Waals surface area contributed by atoms with Gasteiger partial charge in [0.2, 0.25) is 5.91 Å². The number of halogens is 2. The average Bonchev–Trinajstić information content (AvgIpc) is 3.19. The van der Waals surface area contributed by atoms with E-state index in [-0.39, 0.29) is 11.9 Å². The number of carbonyl (C=O) groups excluding carboxylic acids is 1. The summed E-state index contributed by atoms with van der Waals surface area (Å²) >= 11 is 11.8. The number of hydrogen-bond donors (Lipinski definition) is 1. The predicted octanol–water partition coefficient (Wildman–Crippen LogP) is 3.23. The summed E-state index contributed by atoms with van der Waals surface area (Å²) in [5.41, 5.74) is 0.864. The molecular weight excluding hydrogens is 301 g/mol. The molecule has 0 saturated heterocycles. The average molecular weight is 316 g/mol. The van der Waals surface area contributed by atoms with Crippen molar-refractivity contribution in [2.24, 2.45) is 11.8 Å². The maximum atomic E-state index is 12.2. The van der Waals surface area contributed by atoms with Crippen LogP contribution in [-0.2, 0) is 9.59 Å². The Bertz CT molecular complexity index is 561. The van der Waals surface area contributed by atoms with E-state index in [9.17, 15) is 9.59 Å². The van der Waals surface area contributed by atoms with E-state index < -0.39 is 17.8 Å². The molecule has 3 unspecified atom stereocenters. The second kappa shape index (κ2) is 5.62. The third-order valence-electron chi connectivity index (χ3n) is 3.78. The summed E-state index contributed by atoms with van der Waals surface area (Å²) in [5, 5.41) is 9.77. The first-order chi connectivity index (χ1) is 9.32. The molecule has 3 atom stereocenters. The van der Waals surface area contributed by atoms with Gasteiger partial charge in [-0.15, -0.1) is 0 Å². The second-order valence-corrected chi connectivity index (χ2v) is 5.90. The van der Waals surface area contributed by atoms with Gasteiger partial charge in [-0.1, -0.05) is 29.3 Å². The molecule has 1 aromatic rings. The monoisotopic (exact) mass is 315 g/mol. The summed E-state index contributed by atoms with van der Waals surface area (Å²) in [5.74, 6) is -1.98. The standard InChI is InChI=1S/C14H15Cl2NO3/c1-7(8-3-4-11(15)12(16)5-8)17(2)13(18)9-6-10(9)14(19)20/h3-5,7,9-10H,6H2,1-2H3,(H,19,20). The summed E-state index contributed by atoms with van der Waals surface area (Å²) in [7, 11) is 1.67. The van der Waals surface area contributed by atoms with E-state index >= 15 is 0 Å². The van der Waals surface area contributed by atoms with Gasteiger partial charge < -0.3 is 10.0 Å². The Morgan fingerprint density at radius 2 is 1.95 bits per heavy atom. The highest BCUT2D eigenvalue weighted by Gasteiger charge is 2.49. The van der Waals surface area contributed by atoms with E-state index in [1.165, 1.54) is 0 Å². The molecule has 1 aromatic carbocycles. The fourth-order valence-electron chi connectivity index (χ4n) is 2.19. The molecular formula is C14H15Cl2NO3. The highest BCUT2D eigenvalue weighted by molar-refractivity contribution is 6.42. The van der Waals surface area contributed by atoms with Gasteiger partial charge in [0.25, 0.3) is 0 Å². The Morgan fingerprint density at radius 1 is 1.30 bits per heavy atom. The zero-order chi connectivity index (χ0) is 15.0. The summed E-state index contributed by atoms with van der Waals surface area (Å²) < 4.78 is 0. The van der Waals surface area contributed by atoms with E-state index in [0.29, 0.717) is 16.5 Å². The molecule has 0 bridgehead atoms. The summed E-state index contributed by atoms with van der Waals surface area (Å²) in [6, 6.07) is 5.03. The normalized spacial score (nSPS) is 22.2. The van der Waals surface area contributed by atoms with Crippen molar-refractivity contribution in [2.75, 3.05) is 7.05 Å². The first-order valence-corrected chi connectivity index (χ1v) is 7.03. The van der Waals surface area contributed by atoms with Crippen LogP contribution in [0.5, 0.6) is 0 Å². The number of carboxylic acid groups (broad SMARTS) is 1. The van der Waals surface area contributed by atoms with Crippen LogP contribution in [0.25, 0.3) is 0 Å². The van der Waals surface area contributed by atoms with Crippen LogP contribution in [0.15, 0.2) is 18.2 Å². The van der Waals surface area contributed by atoms with Crippen LogP contribution in [0.2, 0.25) is 10.0 Å². The molecule has 1 N–H and O–H groups in total. The topological polar surface area (TPSA) is 57.6 Å². The molecule has 0 radical (unpaired) electrons. The van der Waals surface area contributed by atoms with Gasteiger partial charge in [0.15, 0.2) is 0 Å². The lowest BCUT2D eigenvalue weighted by Gasteiger charge is -2.25. The number of benzene rings is 1. The largest absolute Gasteiger partial charge is 0.481 e. The molecule has 6 heteroatoms. The van der Waals surface area contributed by atoms with Gasteiger partial charge in [0, 0.05) is 7.05 Å². The smallest absolute Gasteiger partial charge is 0.307 e. The highest BCUT2D eigenvalue weighted by Crippen LogP contribution is 2.41. The fourth-order valence-corrected chi connectivity index (χ4v) is 2.50. The number of carboxylic acids is 1. The van der Waals surface area contributed by atoms with Gasteiger partial charge in [-0.05, 0) is 31.0 Å². The van der Waals surface area contributed by atoms with Gasteiger partial charge in [-0.25, -0.2) is 0 Å². The molecule has 20 heavy (non-hydrogen) atoms. The molecule has 0 aromatic heterocycles. The Kier molecular flexibility index (Phi) is 4.25. The number of hydrogen-bond acceptors (Lipinski definition) is 2. The number of nitrogens with zero attached hydrogens (tertiary/aromatic N) is 1. The maximum Gasteiger partial charge on any atom is 0.307 e. The van der Waals surface area contributed by atoms with E-state index in [2.05, 4.69) is 0 Å². The lowest BCUT2D eigenvalue weighted by molar-refractivity contribution is -0.142. The van der Waals surface area contributed by atoms with E-state index in [4.69, 9.17) is 28.3 Å². The fraction of sp³-hybridized carbons (Fsp3) is 0.429. The molecule has 1 amide bonds. The number of rotatable bonds is 4. The van der Waals surface area contributed by atoms with E-state index in [1.54, 1.807) is 24.1 Å². The zero-order valence-electron chi connectivity index (χ0n) is 11.1. The first kappa shape index (κ1) is 15.1. The van der Waals surface area contributed by atoms with Gasteiger partial charge in [-0.3, -0.25) is 9.59 Å². The number of carbonyl (C=O) groups is 2. The molecule has 1 aliphatic carbocycles. The van der Waals surface area contributed by atoms with Crippen LogP contribution < -0.4 is 0 Å². The Balaban J connectivity index is 2.08. The van der Waals surface area contributed by atoms with Crippen LogP contribution in [0.3, 0.4) is 0 Å². The minimum Gasteiger partial charge on any atom is -0.481 e. The molecule has 4 nitrogen and oxygen atoms in total. The highest BCUT2D eigenvalue weighted by atomic mass is 35.5. The molecule has 108 valence electrons. The minimum atomic E-state index is -0.904. The predicted molar refractivity (Wildman–Crippen MR) is 76.9 cm³/mol. The first-order valence-electron chi connectivity index (χ1n) is 6.27. The van der Waals surface area contributed by atoms with Crippen LogP contribution >= 0.6 is 23.2 Å². The van der Waals surface area contributed by atoms with Crippen molar-refractivity contribution in [3.63, 3.8) is 0 Å². The van der Waals surface area contributed by atoms with Crippen molar-refractivity contribution in [3.05, 3.63) is 33.8 Å². The van der Waals surface area contributed by atoms with Crippen molar-refractivity contribution < 1.29 is 14.7 Å². The van der Waals surface area contributed by atoms with Crippen LogP contribution in [0.4, 0.5) is 0 Å². The third kappa shape index (κ3) is 2.91. The summed E-state index contributed by atoms with van der Waals surface area (Å²) in [4.78, 5) is 24.6. The zero-order valence-corrected chi connectivity index (χ0v) is 12.6. The lowest BCUT2D eigenvalue weighted by atomic mass is 10.1. The maximum absolute atomic E-state index is 12.2. The summed E-state index contributed by atoms with van der Waals surface area (Å²) in [6.07, 6.45) is 0.423. The van der Waals surface area contributed by atoms with Crippen molar-refractivity contribution >= 4 is 35.1 Å². The van der Waals surface area contributed by atoms with Crippen molar-refractivity contribution in [2.45, 2.75) is 19.4 Å². The van der Waals surface area contributed by atoms with Crippen molar-refractivity contribution in [1.82, 2.24) is 4.90 Å². The quantitative estimate of drug-likeness (QED) is 0.928. The molecule has 2 rings (SSSR count). The van der Waals surface area contributed by atoms with Crippen molar-refractivity contribution in [3.8, 4) is 0 Å². The van der Waals surface area contributed by atoms with Crippen molar-refractivity contribution in [1.29, 1.82) is 0 Å². The molecule has 1 saturated carbocycles. The number of aliphatic carboxylic acids is 1. The molecule has 0 aliphatic heterocycles. The Labute approximate surface area is 127 Å². The minimum absolute atomic E-state index is 0.143. The third-order valence-corrected chi connectivity index (χ3v) is 4.52.